The Labute approximate surface area is 210 Å². The number of nitrogens with one attached hydrogen (secondary N) is 1. The van der Waals surface area contributed by atoms with Gasteiger partial charge in [-0.1, -0.05) is 29.4 Å². The second-order valence-electron chi connectivity index (χ2n) is 6.65. The van der Waals surface area contributed by atoms with Crippen molar-refractivity contribution < 1.29 is 23.9 Å². The average molecular weight is 564 g/mol. The Bertz CT molecular complexity index is 1340. The molecule has 0 bridgehead atoms. The quantitative estimate of drug-likeness (QED) is 0.244. The molecule has 0 atom stereocenters. The van der Waals surface area contributed by atoms with Crippen LogP contribution in [0.1, 0.15) is 16.1 Å². The van der Waals surface area contributed by atoms with E-state index >= 15 is 0 Å². The van der Waals surface area contributed by atoms with Crippen LogP contribution < -0.4 is 10.2 Å². The molecule has 0 aliphatic carbocycles. The van der Waals surface area contributed by atoms with E-state index in [1.54, 1.807) is 18.2 Å². The highest BCUT2D eigenvalue weighted by atomic mass is 79.9. The minimum absolute atomic E-state index is 0.0237. The van der Waals surface area contributed by atoms with Crippen molar-refractivity contribution in [3.63, 3.8) is 0 Å². The molecule has 166 valence electrons. The van der Waals surface area contributed by atoms with Gasteiger partial charge in [0, 0.05) is 9.92 Å². The number of amides is 2. The Morgan fingerprint density at radius 3 is 2.61 bits per heavy atom. The van der Waals surface area contributed by atoms with E-state index in [0.717, 1.165) is 9.80 Å². The summed E-state index contributed by atoms with van der Waals surface area (Å²) in [4.78, 5) is 38.9. The zero-order chi connectivity index (χ0) is 23.7. The third-order valence-electron chi connectivity index (χ3n) is 4.44. The molecule has 2 heterocycles. The first-order chi connectivity index (χ1) is 15.7. The van der Waals surface area contributed by atoms with Crippen molar-refractivity contribution in [2.75, 3.05) is 4.90 Å². The Kier molecular flexibility index (Phi) is 6.71. The number of carbonyl (C=O) groups excluding carboxylic acids is 2. The summed E-state index contributed by atoms with van der Waals surface area (Å²) < 4.78 is 6.45. The molecular formula is C22H12BrClN2O5S2. The topological polar surface area (TPSA) is 99.9 Å². The largest absolute Gasteiger partial charge is 0.478 e. The van der Waals surface area contributed by atoms with Crippen LogP contribution in [0.5, 0.6) is 0 Å². The number of thiocarbonyl (C=S) groups is 1. The summed E-state index contributed by atoms with van der Waals surface area (Å²) in [6.07, 6.45) is 1.31. The number of hydrogen-bond acceptors (Lipinski definition) is 6. The standard InChI is InChI=1S/C22H12BrClN2O5S2/c23-17-10-14(31-21(17)33-15-6-4-12(24)5-7-15)9-16-18(27)25-22(32)26(19(16)28)13-3-1-2-11(8-13)20(29)30/h1-10H,(H,29,30)(H,25,27,32). The van der Waals surface area contributed by atoms with Gasteiger partial charge in [0.1, 0.15) is 11.3 Å². The maximum atomic E-state index is 13.1. The van der Waals surface area contributed by atoms with Crippen LogP contribution in [0.25, 0.3) is 6.08 Å². The van der Waals surface area contributed by atoms with Crippen molar-refractivity contribution in [2.24, 2.45) is 0 Å². The van der Waals surface area contributed by atoms with Crippen LogP contribution in [0.2, 0.25) is 5.02 Å². The first-order valence-corrected chi connectivity index (χ1v) is 11.6. The monoisotopic (exact) mass is 562 g/mol. The number of anilines is 1. The summed E-state index contributed by atoms with van der Waals surface area (Å²) >= 11 is 15.8. The zero-order valence-corrected chi connectivity index (χ0v) is 20.3. The van der Waals surface area contributed by atoms with Crippen molar-refractivity contribution in [3.05, 3.63) is 81.0 Å². The van der Waals surface area contributed by atoms with E-state index in [0.29, 0.717) is 14.6 Å². The summed E-state index contributed by atoms with van der Waals surface area (Å²) in [6.45, 7) is 0. The smallest absolute Gasteiger partial charge is 0.335 e. The number of carboxylic acids is 1. The van der Waals surface area contributed by atoms with E-state index in [1.165, 1.54) is 42.1 Å². The van der Waals surface area contributed by atoms with Gasteiger partial charge >= 0.3 is 5.97 Å². The van der Waals surface area contributed by atoms with Crippen LogP contribution in [-0.4, -0.2) is 28.0 Å². The van der Waals surface area contributed by atoms with Crippen molar-refractivity contribution >= 4 is 86.2 Å². The number of halogens is 2. The van der Waals surface area contributed by atoms with Gasteiger partial charge < -0.3 is 9.52 Å². The second-order valence-corrected chi connectivity index (χ2v) is 9.38. The summed E-state index contributed by atoms with van der Waals surface area (Å²) in [6, 6.07) is 14.5. The van der Waals surface area contributed by atoms with Gasteiger partial charge in [-0.25, -0.2) is 4.79 Å². The molecule has 2 N–H and O–H groups in total. The first-order valence-electron chi connectivity index (χ1n) is 9.20. The van der Waals surface area contributed by atoms with Crippen molar-refractivity contribution in [1.82, 2.24) is 5.32 Å². The normalized spacial score (nSPS) is 15.2. The van der Waals surface area contributed by atoms with Gasteiger partial charge in [0.15, 0.2) is 10.2 Å². The Morgan fingerprint density at radius 2 is 1.91 bits per heavy atom. The molecule has 0 spiro atoms. The minimum Gasteiger partial charge on any atom is -0.478 e. The van der Waals surface area contributed by atoms with Crippen LogP contribution in [0.3, 0.4) is 0 Å². The summed E-state index contributed by atoms with van der Waals surface area (Å²) in [5.41, 5.74) is -0.0200. The molecular weight excluding hydrogens is 552 g/mol. The van der Waals surface area contributed by atoms with Gasteiger partial charge in [-0.2, -0.15) is 0 Å². The van der Waals surface area contributed by atoms with Gasteiger partial charge in [0.25, 0.3) is 11.8 Å². The maximum absolute atomic E-state index is 13.1. The molecule has 1 aliphatic heterocycles. The number of aromatic carboxylic acids is 1. The molecule has 1 aliphatic rings. The molecule has 0 unspecified atom stereocenters. The molecule has 1 aromatic heterocycles. The lowest BCUT2D eigenvalue weighted by Gasteiger charge is -2.28. The van der Waals surface area contributed by atoms with Crippen LogP contribution >= 0.6 is 51.5 Å². The fourth-order valence-corrected chi connectivity index (χ4v) is 4.67. The summed E-state index contributed by atoms with van der Waals surface area (Å²) in [7, 11) is 0. The van der Waals surface area contributed by atoms with Crippen molar-refractivity contribution in [1.29, 1.82) is 0 Å². The molecule has 4 rings (SSSR count). The molecule has 1 saturated heterocycles. The Morgan fingerprint density at radius 1 is 1.18 bits per heavy atom. The number of rotatable bonds is 5. The van der Waals surface area contributed by atoms with Gasteiger partial charge in [-0.3, -0.25) is 19.8 Å². The number of benzene rings is 2. The molecule has 11 heteroatoms. The Hall–Kier alpha value is -2.92. The average Bonchev–Trinajstić information content (AvgIpc) is 3.11. The molecule has 2 aromatic carbocycles. The molecule has 1 fully saturated rings. The van der Waals surface area contributed by atoms with E-state index in [-0.39, 0.29) is 27.7 Å². The number of furan rings is 1. The maximum Gasteiger partial charge on any atom is 0.335 e. The van der Waals surface area contributed by atoms with E-state index < -0.39 is 17.8 Å². The summed E-state index contributed by atoms with van der Waals surface area (Å²) in [5, 5.41) is 12.7. The van der Waals surface area contributed by atoms with Crippen molar-refractivity contribution in [2.45, 2.75) is 9.99 Å². The number of carboxylic acid groups (broad SMARTS) is 1. The Balaban J connectivity index is 1.64. The van der Waals surface area contributed by atoms with Crippen LogP contribution in [0, 0.1) is 0 Å². The summed E-state index contributed by atoms with van der Waals surface area (Å²) in [5.74, 6) is -2.28. The lowest BCUT2D eigenvalue weighted by molar-refractivity contribution is -0.122. The number of nitrogens with zero attached hydrogens (tertiary/aromatic N) is 1. The van der Waals surface area contributed by atoms with E-state index in [4.69, 9.17) is 28.2 Å². The lowest BCUT2D eigenvalue weighted by atomic mass is 10.1. The zero-order valence-electron chi connectivity index (χ0n) is 16.4. The molecule has 0 saturated carbocycles. The van der Waals surface area contributed by atoms with Gasteiger partial charge in [-0.05, 0) is 82.8 Å². The minimum atomic E-state index is -1.15. The van der Waals surface area contributed by atoms with Gasteiger partial charge in [0.2, 0.25) is 0 Å². The predicted octanol–water partition coefficient (Wildman–Crippen LogP) is 5.38. The highest BCUT2D eigenvalue weighted by molar-refractivity contribution is 9.10. The van der Waals surface area contributed by atoms with Crippen LogP contribution in [0.15, 0.2) is 79.0 Å². The predicted molar refractivity (Wildman–Crippen MR) is 132 cm³/mol. The fraction of sp³-hybridized carbons (Fsp3) is 0. The molecule has 0 radical (unpaired) electrons. The van der Waals surface area contributed by atoms with Crippen LogP contribution in [-0.2, 0) is 9.59 Å². The van der Waals surface area contributed by atoms with E-state index in [2.05, 4.69) is 21.2 Å². The van der Waals surface area contributed by atoms with Gasteiger partial charge in [-0.15, -0.1) is 0 Å². The lowest BCUT2D eigenvalue weighted by Crippen LogP contribution is -2.54. The third-order valence-corrected chi connectivity index (χ3v) is 6.82. The van der Waals surface area contributed by atoms with Crippen LogP contribution in [0.4, 0.5) is 5.69 Å². The highest BCUT2D eigenvalue weighted by Crippen LogP contribution is 2.37. The number of carbonyl (C=O) groups is 3. The molecule has 7 nitrogen and oxygen atoms in total. The first kappa shape index (κ1) is 23.2. The van der Waals surface area contributed by atoms with E-state index in [9.17, 15) is 19.5 Å². The fourth-order valence-electron chi connectivity index (χ4n) is 2.93. The molecule has 33 heavy (non-hydrogen) atoms. The SMILES string of the molecule is O=C1NC(=S)N(c2cccc(C(=O)O)c2)C(=O)C1=Cc1cc(Br)c(Sc2ccc(Cl)cc2)o1. The number of hydrogen-bond donors (Lipinski definition) is 2. The molecule has 2 amide bonds. The molecule has 3 aromatic rings. The second kappa shape index (κ2) is 9.52. The van der Waals surface area contributed by atoms with Crippen molar-refractivity contribution in [3.8, 4) is 0 Å². The van der Waals surface area contributed by atoms with Gasteiger partial charge in [0.05, 0.1) is 15.7 Å². The van der Waals surface area contributed by atoms with E-state index in [1.807, 2.05) is 12.1 Å². The third kappa shape index (κ3) is 5.03. The highest BCUT2D eigenvalue weighted by Gasteiger charge is 2.35.